The molecule has 0 aliphatic heterocycles. The highest BCUT2D eigenvalue weighted by Crippen LogP contribution is 2.37. The Hall–Kier alpha value is -8.43. The number of nitrogens with zero attached hydrogens (tertiary/aromatic N) is 9. The second kappa shape index (κ2) is 16.2. The third-order valence-electron chi connectivity index (χ3n) is 9.92. The Morgan fingerprint density at radius 3 is 0.800 bits per heavy atom. The van der Waals surface area contributed by atoms with Gasteiger partial charge < -0.3 is 0 Å². The van der Waals surface area contributed by atoms with Crippen molar-refractivity contribution in [3.8, 4) is 102 Å². The van der Waals surface area contributed by atoms with Gasteiger partial charge in [-0.15, -0.1) is 0 Å². The molecule has 0 aliphatic rings. The summed E-state index contributed by atoms with van der Waals surface area (Å²) in [6.45, 7) is 0. The summed E-state index contributed by atoms with van der Waals surface area (Å²) in [6, 6.07) is 58.0. The van der Waals surface area contributed by atoms with Crippen molar-refractivity contribution in [3.05, 3.63) is 201 Å². The van der Waals surface area contributed by atoms with E-state index in [1.165, 1.54) is 0 Å². The fourth-order valence-electron chi connectivity index (χ4n) is 7.00. The summed E-state index contributed by atoms with van der Waals surface area (Å²) in [5, 5.41) is 0. The molecule has 282 valence electrons. The van der Waals surface area contributed by atoms with Gasteiger partial charge in [0.1, 0.15) is 0 Å². The molecule has 0 N–H and O–H groups in total. The van der Waals surface area contributed by atoms with Crippen LogP contribution in [0.3, 0.4) is 0 Å². The summed E-state index contributed by atoms with van der Waals surface area (Å²) in [4.78, 5) is 44.1. The third-order valence-corrected chi connectivity index (χ3v) is 9.92. The number of benzene rings is 3. The van der Waals surface area contributed by atoms with E-state index in [-0.39, 0.29) is 0 Å². The van der Waals surface area contributed by atoms with Gasteiger partial charge in [0.25, 0.3) is 0 Å². The van der Waals surface area contributed by atoms with Crippen LogP contribution in [0.1, 0.15) is 0 Å². The lowest BCUT2D eigenvalue weighted by Gasteiger charge is -2.15. The smallest absolute Gasteiger partial charge is 0.164 e. The molecule has 0 amide bonds. The first-order valence-electron chi connectivity index (χ1n) is 19.4. The van der Waals surface area contributed by atoms with Crippen LogP contribution in [0.25, 0.3) is 102 Å². The second-order valence-electron chi connectivity index (χ2n) is 13.9. The van der Waals surface area contributed by atoms with Crippen molar-refractivity contribution < 1.29 is 0 Å². The molecule has 0 saturated heterocycles. The summed E-state index contributed by atoms with van der Waals surface area (Å²) >= 11 is 0. The summed E-state index contributed by atoms with van der Waals surface area (Å²) in [5.74, 6) is 1.67. The van der Waals surface area contributed by atoms with Crippen LogP contribution < -0.4 is 0 Å². The average molecular weight is 772 g/mol. The molecular weight excluding hydrogens is 739 g/mol. The lowest BCUT2D eigenvalue weighted by atomic mass is 9.94. The Morgan fingerprint density at radius 1 is 0.200 bits per heavy atom. The third kappa shape index (κ3) is 7.66. The van der Waals surface area contributed by atoms with Gasteiger partial charge in [0.05, 0.1) is 45.6 Å². The van der Waals surface area contributed by atoms with Crippen molar-refractivity contribution in [2.24, 2.45) is 0 Å². The molecule has 7 heterocycles. The summed E-state index contributed by atoms with van der Waals surface area (Å²) < 4.78 is 0. The van der Waals surface area contributed by atoms with Crippen molar-refractivity contribution in [1.29, 1.82) is 0 Å². The maximum atomic E-state index is 5.14. The van der Waals surface area contributed by atoms with Crippen LogP contribution in [0.2, 0.25) is 0 Å². The van der Waals surface area contributed by atoms with Gasteiger partial charge in [-0.05, 0) is 113 Å². The Morgan fingerprint density at radius 2 is 0.483 bits per heavy atom. The van der Waals surface area contributed by atoms with E-state index in [0.717, 1.165) is 84.5 Å². The van der Waals surface area contributed by atoms with Crippen molar-refractivity contribution >= 4 is 0 Å². The fourth-order valence-corrected chi connectivity index (χ4v) is 7.00. The van der Waals surface area contributed by atoms with Crippen molar-refractivity contribution in [3.63, 3.8) is 0 Å². The molecule has 0 unspecified atom stereocenters. The Bertz CT molecular complexity index is 2540. The number of hydrogen-bond donors (Lipinski definition) is 0. The zero-order valence-electron chi connectivity index (χ0n) is 32.1. The van der Waals surface area contributed by atoms with Crippen LogP contribution in [-0.2, 0) is 0 Å². The number of pyridine rings is 6. The van der Waals surface area contributed by atoms with Gasteiger partial charge in [-0.1, -0.05) is 84.9 Å². The second-order valence-corrected chi connectivity index (χ2v) is 13.9. The highest BCUT2D eigenvalue weighted by molar-refractivity contribution is 5.85. The number of aromatic nitrogens is 9. The average Bonchev–Trinajstić information content (AvgIpc) is 3.35. The molecule has 10 rings (SSSR count). The molecule has 0 radical (unpaired) electrons. The highest BCUT2D eigenvalue weighted by Gasteiger charge is 2.18. The first kappa shape index (κ1) is 35.9. The molecule has 7 aromatic heterocycles. The number of hydrogen-bond acceptors (Lipinski definition) is 9. The van der Waals surface area contributed by atoms with Crippen LogP contribution in [0.5, 0.6) is 0 Å². The van der Waals surface area contributed by atoms with Crippen LogP contribution in [-0.4, -0.2) is 44.9 Å². The molecule has 9 nitrogen and oxygen atoms in total. The monoisotopic (exact) mass is 771 g/mol. The molecule has 0 aliphatic carbocycles. The first-order chi connectivity index (χ1) is 29.7. The Labute approximate surface area is 346 Å². The van der Waals surface area contributed by atoms with Crippen LogP contribution in [0, 0.1) is 0 Å². The zero-order chi connectivity index (χ0) is 40.1. The largest absolute Gasteiger partial charge is 0.255 e. The minimum Gasteiger partial charge on any atom is -0.255 e. The van der Waals surface area contributed by atoms with E-state index in [1.807, 2.05) is 133 Å². The first-order valence-corrected chi connectivity index (χ1v) is 19.4. The van der Waals surface area contributed by atoms with Crippen molar-refractivity contribution in [2.75, 3.05) is 0 Å². The quantitative estimate of drug-likeness (QED) is 0.141. The van der Waals surface area contributed by atoms with E-state index in [4.69, 9.17) is 24.9 Å². The molecule has 0 atom stereocenters. The van der Waals surface area contributed by atoms with Gasteiger partial charge in [-0.25, -0.2) is 24.9 Å². The lowest BCUT2D eigenvalue weighted by Crippen LogP contribution is -2.01. The highest BCUT2D eigenvalue weighted by atomic mass is 15.0. The Balaban J connectivity index is 1.24. The standard InChI is InChI=1S/C51H33N9/c1-3-15-34(16-4-1)49-58-50(35-17-5-2-6-18-35)60-51(59-49)40-28-36(38-30-45(41-19-7-11-23-52-41)56-46(31-38)42-20-8-12-24-53-42)27-37(29-40)39-32-47(43-21-9-13-25-54-43)57-48(33-39)44-22-10-14-26-55-44/h1-33H. The van der Waals surface area contributed by atoms with E-state index < -0.39 is 0 Å². The van der Waals surface area contributed by atoms with E-state index in [9.17, 15) is 0 Å². The normalized spacial score (nSPS) is 11.0. The molecule has 0 saturated carbocycles. The van der Waals surface area contributed by atoms with Crippen molar-refractivity contribution in [1.82, 2.24) is 44.9 Å². The van der Waals surface area contributed by atoms with E-state index in [1.54, 1.807) is 24.8 Å². The molecule has 3 aromatic carbocycles. The van der Waals surface area contributed by atoms with E-state index in [2.05, 4.69) is 62.4 Å². The van der Waals surface area contributed by atoms with Gasteiger partial charge in [-0.2, -0.15) is 0 Å². The predicted molar refractivity (Wildman–Crippen MR) is 236 cm³/mol. The molecule has 0 fully saturated rings. The summed E-state index contributed by atoms with van der Waals surface area (Å²) in [6.07, 6.45) is 7.11. The molecule has 0 spiro atoms. The summed E-state index contributed by atoms with van der Waals surface area (Å²) in [7, 11) is 0. The molecule has 10 aromatic rings. The number of rotatable bonds is 9. The maximum absolute atomic E-state index is 5.14. The minimum atomic E-state index is 0.527. The van der Waals surface area contributed by atoms with Gasteiger partial charge in [0.2, 0.25) is 0 Å². The van der Waals surface area contributed by atoms with Gasteiger partial charge in [0, 0.05) is 41.5 Å². The fraction of sp³-hybridized carbons (Fsp3) is 0. The lowest BCUT2D eigenvalue weighted by molar-refractivity contribution is 1.07. The van der Waals surface area contributed by atoms with Crippen LogP contribution in [0.15, 0.2) is 201 Å². The van der Waals surface area contributed by atoms with Gasteiger partial charge >= 0.3 is 0 Å². The molecule has 9 heteroatoms. The van der Waals surface area contributed by atoms with E-state index in [0.29, 0.717) is 17.5 Å². The van der Waals surface area contributed by atoms with Crippen LogP contribution in [0.4, 0.5) is 0 Å². The van der Waals surface area contributed by atoms with Crippen LogP contribution >= 0.6 is 0 Å². The van der Waals surface area contributed by atoms with Gasteiger partial charge in [0.15, 0.2) is 17.5 Å². The predicted octanol–water partition coefficient (Wildman–Crippen LogP) is 11.2. The minimum absolute atomic E-state index is 0.527. The topological polar surface area (TPSA) is 116 Å². The van der Waals surface area contributed by atoms with Crippen molar-refractivity contribution in [2.45, 2.75) is 0 Å². The molecule has 0 bridgehead atoms. The molecule has 60 heavy (non-hydrogen) atoms. The molecular formula is C51H33N9. The van der Waals surface area contributed by atoms with Gasteiger partial charge in [-0.3, -0.25) is 19.9 Å². The SMILES string of the molecule is c1ccc(-c2nc(-c3ccccc3)nc(-c3cc(-c4cc(-c5ccccn5)nc(-c5ccccn5)c4)cc(-c4cc(-c5ccccn5)nc(-c5ccccn5)c4)c3)n2)cc1. The zero-order valence-corrected chi connectivity index (χ0v) is 32.1. The maximum Gasteiger partial charge on any atom is 0.164 e. The van der Waals surface area contributed by atoms with E-state index >= 15 is 0 Å². The Kier molecular flexibility index (Phi) is 9.71. The summed E-state index contributed by atoms with van der Waals surface area (Å²) in [5.41, 5.74) is 12.1.